The number of thiophene rings is 1. The summed E-state index contributed by atoms with van der Waals surface area (Å²) in [4.78, 5) is 50.7. The molecule has 29 heavy (non-hydrogen) atoms. The van der Waals surface area contributed by atoms with Crippen molar-refractivity contribution in [3.63, 3.8) is 0 Å². The standard InChI is InChI=1S/C20H20N4O4S/c1-20(12-4-5-12)18(27)24(19(28)23-20)11-16(25)21-13-6-8-14(9-7-13)22-17(26)15-3-2-10-29-15/h2-3,6-10,12H,4-5,11H2,1H3,(H,21,25)(H,22,26)(H,23,28). The monoisotopic (exact) mass is 412 g/mol. The molecule has 150 valence electrons. The van der Waals surface area contributed by atoms with Crippen LogP contribution >= 0.6 is 11.3 Å². The van der Waals surface area contributed by atoms with Crippen LogP contribution in [0.15, 0.2) is 41.8 Å². The van der Waals surface area contributed by atoms with Crippen LogP contribution in [0.1, 0.15) is 29.4 Å². The maximum atomic E-state index is 12.6. The van der Waals surface area contributed by atoms with Crippen molar-refractivity contribution in [2.24, 2.45) is 5.92 Å². The number of nitrogens with one attached hydrogen (secondary N) is 3. The van der Waals surface area contributed by atoms with Gasteiger partial charge in [-0.05, 0) is 61.4 Å². The lowest BCUT2D eigenvalue weighted by Crippen LogP contribution is -2.46. The molecule has 2 aliphatic rings. The van der Waals surface area contributed by atoms with Crippen molar-refractivity contribution in [3.05, 3.63) is 46.7 Å². The zero-order valence-electron chi connectivity index (χ0n) is 15.7. The molecule has 1 aliphatic heterocycles. The van der Waals surface area contributed by atoms with Gasteiger partial charge in [0.1, 0.15) is 12.1 Å². The maximum absolute atomic E-state index is 12.6. The average Bonchev–Trinajstić information content (AvgIpc) is 3.36. The van der Waals surface area contributed by atoms with E-state index < -0.39 is 17.5 Å². The molecule has 0 spiro atoms. The van der Waals surface area contributed by atoms with Gasteiger partial charge in [-0.2, -0.15) is 0 Å². The number of nitrogens with zero attached hydrogens (tertiary/aromatic N) is 1. The Balaban J connectivity index is 1.33. The summed E-state index contributed by atoms with van der Waals surface area (Å²) in [6.45, 7) is 1.37. The zero-order valence-corrected chi connectivity index (χ0v) is 16.5. The summed E-state index contributed by atoms with van der Waals surface area (Å²) in [5.74, 6) is -0.881. The molecule has 1 aromatic heterocycles. The van der Waals surface area contributed by atoms with Crippen LogP contribution in [0.2, 0.25) is 0 Å². The highest BCUT2D eigenvalue weighted by Crippen LogP contribution is 2.42. The molecular weight excluding hydrogens is 392 g/mol. The normalized spacial score (nSPS) is 21.1. The second kappa shape index (κ2) is 7.32. The zero-order chi connectivity index (χ0) is 20.6. The van der Waals surface area contributed by atoms with Crippen molar-refractivity contribution >= 4 is 46.5 Å². The maximum Gasteiger partial charge on any atom is 0.325 e. The van der Waals surface area contributed by atoms with E-state index in [2.05, 4.69) is 16.0 Å². The van der Waals surface area contributed by atoms with Crippen LogP contribution in [0.4, 0.5) is 16.2 Å². The summed E-state index contributed by atoms with van der Waals surface area (Å²) in [5, 5.41) is 9.98. The number of urea groups is 1. The van der Waals surface area contributed by atoms with E-state index in [0.717, 1.165) is 17.7 Å². The fourth-order valence-corrected chi connectivity index (χ4v) is 4.00. The van der Waals surface area contributed by atoms with Gasteiger partial charge >= 0.3 is 6.03 Å². The van der Waals surface area contributed by atoms with Crippen molar-refractivity contribution in [2.45, 2.75) is 25.3 Å². The van der Waals surface area contributed by atoms with Gasteiger partial charge in [-0.15, -0.1) is 11.3 Å². The van der Waals surface area contributed by atoms with Gasteiger partial charge < -0.3 is 16.0 Å². The predicted molar refractivity (Wildman–Crippen MR) is 109 cm³/mol. The SMILES string of the molecule is CC1(C2CC2)NC(=O)N(CC(=O)Nc2ccc(NC(=O)c3cccs3)cc2)C1=O. The molecule has 1 aliphatic carbocycles. The first-order valence-electron chi connectivity index (χ1n) is 9.26. The van der Waals surface area contributed by atoms with Gasteiger partial charge in [-0.25, -0.2) is 4.79 Å². The van der Waals surface area contributed by atoms with Crippen LogP contribution in [-0.2, 0) is 9.59 Å². The molecule has 0 bridgehead atoms. The number of amides is 5. The van der Waals surface area contributed by atoms with Gasteiger partial charge in [0.15, 0.2) is 0 Å². The third-order valence-corrected chi connectivity index (χ3v) is 6.04. The van der Waals surface area contributed by atoms with E-state index in [4.69, 9.17) is 0 Å². The van der Waals surface area contributed by atoms with E-state index in [9.17, 15) is 19.2 Å². The van der Waals surface area contributed by atoms with Crippen molar-refractivity contribution < 1.29 is 19.2 Å². The topological polar surface area (TPSA) is 108 Å². The highest BCUT2D eigenvalue weighted by molar-refractivity contribution is 7.12. The quantitative estimate of drug-likeness (QED) is 0.634. The Hall–Kier alpha value is -3.20. The van der Waals surface area contributed by atoms with Gasteiger partial charge in [-0.3, -0.25) is 19.3 Å². The number of imide groups is 1. The van der Waals surface area contributed by atoms with Gasteiger partial charge in [0, 0.05) is 11.4 Å². The van der Waals surface area contributed by atoms with Crippen LogP contribution in [0.3, 0.4) is 0 Å². The Bertz CT molecular complexity index is 969. The van der Waals surface area contributed by atoms with E-state index in [1.165, 1.54) is 11.3 Å². The lowest BCUT2D eigenvalue weighted by Gasteiger charge is -2.20. The van der Waals surface area contributed by atoms with Gasteiger partial charge in [0.05, 0.1) is 4.88 Å². The largest absolute Gasteiger partial charge is 0.325 e. The molecule has 1 atom stereocenters. The smallest absolute Gasteiger partial charge is 0.325 e. The lowest BCUT2D eigenvalue weighted by atomic mass is 9.96. The number of carbonyl (C=O) groups excluding carboxylic acids is 4. The van der Waals surface area contributed by atoms with E-state index in [1.807, 2.05) is 5.38 Å². The number of hydrogen-bond donors (Lipinski definition) is 3. The number of benzene rings is 1. The average molecular weight is 412 g/mol. The van der Waals surface area contributed by atoms with Crippen molar-refractivity contribution in [3.8, 4) is 0 Å². The van der Waals surface area contributed by atoms with E-state index in [1.54, 1.807) is 43.3 Å². The molecule has 8 nitrogen and oxygen atoms in total. The van der Waals surface area contributed by atoms with E-state index >= 15 is 0 Å². The molecule has 2 heterocycles. The lowest BCUT2D eigenvalue weighted by molar-refractivity contribution is -0.134. The van der Waals surface area contributed by atoms with Crippen LogP contribution in [0.5, 0.6) is 0 Å². The highest BCUT2D eigenvalue weighted by Gasteiger charge is 2.56. The molecule has 2 fully saturated rings. The fraction of sp³-hybridized carbons (Fsp3) is 0.300. The first-order valence-corrected chi connectivity index (χ1v) is 10.1. The van der Waals surface area contributed by atoms with Crippen LogP contribution in [0, 0.1) is 5.92 Å². The molecule has 5 amide bonds. The van der Waals surface area contributed by atoms with Gasteiger partial charge in [0.25, 0.3) is 11.8 Å². The Morgan fingerprint density at radius 1 is 1.14 bits per heavy atom. The Morgan fingerprint density at radius 3 is 2.38 bits per heavy atom. The van der Waals surface area contributed by atoms with Crippen LogP contribution in [0.25, 0.3) is 0 Å². The summed E-state index contributed by atoms with van der Waals surface area (Å²) in [6, 6.07) is 9.61. The van der Waals surface area contributed by atoms with Gasteiger partial charge in [0.2, 0.25) is 5.91 Å². The molecule has 1 aromatic carbocycles. The van der Waals surface area contributed by atoms with Crippen molar-refractivity contribution in [2.75, 3.05) is 17.2 Å². The predicted octanol–water partition coefficient (Wildman–Crippen LogP) is 2.66. The first-order chi connectivity index (χ1) is 13.9. The summed E-state index contributed by atoms with van der Waals surface area (Å²) < 4.78 is 0. The number of carbonyl (C=O) groups is 4. The number of hydrogen-bond acceptors (Lipinski definition) is 5. The molecule has 3 N–H and O–H groups in total. The molecule has 4 rings (SSSR count). The van der Waals surface area contributed by atoms with E-state index in [-0.39, 0.29) is 24.3 Å². The molecular formula is C20H20N4O4S. The minimum absolute atomic E-state index is 0.143. The summed E-state index contributed by atoms with van der Waals surface area (Å²) in [6.07, 6.45) is 1.80. The Kier molecular flexibility index (Phi) is 4.83. The minimum Gasteiger partial charge on any atom is -0.325 e. The van der Waals surface area contributed by atoms with Crippen LogP contribution in [-0.4, -0.2) is 40.7 Å². The molecule has 1 saturated carbocycles. The number of anilines is 2. The summed E-state index contributed by atoms with van der Waals surface area (Å²) in [5.41, 5.74) is 0.191. The molecule has 1 unspecified atom stereocenters. The molecule has 1 saturated heterocycles. The highest BCUT2D eigenvalue weighted by atomic mass is 32.1. The summed E-state index contributed by atoms with van der Waals surface area (Å²) >= 11 is 1.35. The van der Waals surface area contributed by atoms with Crippen LogP contribution < -0.4 is 16.0 Å². The summed E-state index contributed by atoms with van der Waals surface area (Å²) in [7, 11) is 0. The first kappa shape index (κ1) is 19.1. The second-order valence-electron chi connectivity index (χ2n) is 7.36. The Labute approximate surface area is 171 Å². The third-order valence-electron chi connectivity index (χ3n) is 5.17. The second-order valence-corrected chi connectivity index (χ2v) is 8.30. The van der Waals surface area contributed by atoms with Crippen molar-refractivity contribution in [1.29, 1.82) is 0 Å². The third kappa shape index (κ3) is 3.86. The van der Waals surface area contributed by atoms with E-state index in [0.29, 0.717) is 16.3 Å². The minimum atomic E-state index is -0.903. The van der Waals surface area contributed by atoms with Gasteiger partial charge in [-0.1, -0.05) is 6.07 Å². The molecule has 0 radical (unpaired) electrons. The van der Waals surface area contributed by atoms with Crippen molar-refractivity contribution in [1.82, 2.24) is 10.2 Å². The Morgan fingerprint density at radius 2 is 1.79 bits per heavy atom. The fourth-order valence-electron chi connectivity index (χ4n) is 3.38. The molecule has 9 heteroatoms. The molecule has 2 aromatic rings. The number of rotatable bonds is 6.